The Hall–Kier alpha value is -3.31. The van der Waals surface area contributed by atoms with E-state index < -0.39 is 24.8 Å². The summed E-state index contributed by atoms with van der Waals surface area (Å²) in [6.45, 7) is 0. The molecule has 27 heavy (non-hydrogen) atoms. The van der Waals surface area contributed by atoms with Gasteiger partial charge in [-0.25, -0.2) is 4.57 Å². The van der Waals surface area contributed by atoms with Crippen LogP contribution in [-0.2, 0) is 4.57 Å². The molecule has 0 unspecified atom stereocenters. The molecule has 2 aromatic carbocycles. The average molecular weight is 389 g/mol. The molecule has 0 saturated carbocycles. The monoisotopic (exact) mass is 389 g/mol. The van der Waals surface area contributed by atoms with Crippen LogP contribution < -0.4 is 14.7 Å². The first-order chi connectivity index (χ1) is 12.7. The van der Waals surface area contributed by atoms with Crippen LogP contribution in [0.1, 0.15) is 5.56 Å². The first-order valence-corrected chi connectivity index (χ1v) is 8.90. The molecule has 0 amide bonds. The van der Waals surface area contributed by atoms with Crippen LogP contribution >= 0.6 is 7.82 Å². The zero-order valence-electron chi connectivity index (χ0n) is 13.7. The van der Waals surface area contributed by atoms with Crippen molar-refractivity contribution in [3.63, 3.8) is 0 Å². The van der Waals surface area contributed by atoms with Gasteiger partial charge in [-0.1, -0.05) is 12.1 Å². The predicted octanol–water partition coefficient (Wildman–Crippen LogP) is 2.52. The average Bonchev–Trinajstić information content (AvgIpc) is 2.63. The second-order valence-corrected chi connectivity index (χ2v) is 6.52. The number of hydrogen-bond donors (Lipinski definition) is 3. The van der Waals surface area contributed by atoms with E-state index in [0.29, 0.717) is 0 Å². The van der Waals surface area contributed by atoms with Crippen LogP contribution in [0.4, 0.5) is 0 Å². The number of methoxy groups -OCH3 is 1. The second-order valence-electron chi connectivity index (χ2n) is 5.35. The van der Waals surface area contributed by atoms with Gasteiger partial charge in [-0.05, 0) is 24.3 Å². The summed E-state index contributed by atoms with van der Waals surface area (Å²) in [4.78, 5) is 31.1. The van der Waals surface area contributed by atoms with Crippen molar-refractivity contribution < 1.29 is 33.1 Å². The quantitative estimate of drug-likeness (QED) is 0.572. The highest BCUT2D eigenvalue weighted by Gasteiger charge is 2.26. The van der Waals surface area contributed by atoms with Gasteiger partial charge in [-0.2, -0.15) is 5.26 Å². The third-order valence-electron chi connectivity index (χ3n) is 3.64. The molecule has 10 heteroatoms. The van der Waals surface area contributed by atoms with Crippen molar-refractivity contribution >= 4 is 18.8 Å². The fourth-order valence-electron chi connectivity index (χ4n) is 2.50. The molecule has 3 aromatic rings. The Kier molecular flexibility index (Phi) is 4.64. The van der Waals surface area contributed by atoms with Crippen LogP contribution in [0, 0.1) is 11.3 Å². The Bertz CT molecular complexity index is 1190. The van der Waals surface area contributed by atoms with Crippen molar-refractivity contribution in [3.8, 4) is 34.6 Å². The molecule has 0 spiro atoms. The van der Waals surface area contributed by atoms with E-state index in [2.05, 4.69) is 4.52 Å². The van der Waals surface area contributed by atoms with Gasteiger partial charge >= 0.3 is 7.82 Å². The van der Waals surface area contributed by atoms with E-state index in [1.54, 1.807) is 18.2 Å². The summed E-state index contributed by atoms with van der Waals surface area (Å²) in [6, 6.07) is 10.2. The molecule has 0 bridgehead atoms. The summed E-state index contributed by atoms with van der Waals surface area (Å²) in [7, 11) is -3.84. The molecule has 1 aromatic heterocycles. The molecule has 0 atom stereocenters. The maximum atomic E-state index is 12.7. The zero-order valence-corrected chi connectivity index (χ0v) is 14.6. The number of phenolic OH excluding ortho intramolecular Hbond substituents is 1. The van der Waals surface area contributed by atoms with Gasteiger partial charge in [0.1, 0.15) is 11.7 Å². The van der Waals surface area contributed by atoms with E-state index in [0.717, 1.165) is 0 Å². The van der Waals surface area contributed by atoms with Crippen LogP contribution in [0.15, 0.2) is 45.6 Å². The minimum absolute atomic E-state index is 0.0486. The van der Waals surface area contributed by atoms with Crippen LogP contribution in [-0.4, -0.2) is 22.0 Å². The Labute approximate surface area is 151 Å². The molecule has 1 heterocycles. The lowest BCUT2D eigenvalue weighted by molar-refractivity contribution is 0.280. The highest BCUT2D eigenvalue weighted by atomic mass is 31.2. The van der Waals surface area contributed by atoms with Gasteiger partial charge in [0.05, 0.1) is 18.1 Å². The number of ether oxygens (including phenoxy) is 1. The minimum Gasteiger partial charge on any atom is -0.503 e. The summed E-state index contributed by atoms with van der Waals surface area (Å²) in [5, 5.41) is 19.2. The Morgan fingerprint density at radius 3 is 2.56 bits per heavy atom. The minimum atomic E-state index is -5.09. The molecule has 0 fully saturated rings. The molecular weight excluding hydrogens is 377 g/mol. The summed E-state index contributed by atoms with van der Waals surface area (Å²) >= 11 is 0. The summed E-state index contributed by atoms with van der Waals surface area (Å²) in [5.74, 6) is -1.57. The van der Waals surface area contributed by atoms with E-state index in [4.69, 9.17) is 9.15 Å². The van der Waals surface area contributed by atoms with Crippen LogP contribution in [0.2, 0.25) is 0 Å². The first kappa shape index (κ1) is 18.5. The molecule has 3 rings (SSSR count). The van der Waals surface area contributed by atoms with Crippen LogP contribution in [0.5, 0.6) is 17.2 Å². The molecule has 0 saturated heterocycles. The lowest BCUT2D eigenvalue weighted by atomic mass is 10.1. The number of nitriles is 1. The van der Waals surface area contributed by atoms with Gasteiger partial charge < -0.3 is 18.8 Å². The topological polar surface area (TPSA) is 150 Å². The van der Waals surface area contributed by atoms with Gasteiger partial charge in [0, 0.05) is 5.56 Å². The Morgan fingerprint density at radius 2 is 1.93 bits per heavy atom. The van der Waals surface area contributed by atoms with Crippen molar-refractivity contribution in [3.05, 3.63) is 52.2 Å². The van der Waals surface area contributed by atoms with E-state index >= 15 is 0 Å². The molecule has 138 valence electrons. The SMILES string of the molecule is COc1cc(-c2oc3ccccc3c(=O)c2OP(=O)(O)O)cc(C#N)c1O. The number of phosphoric acid groups is 1. The number of nitrogens with zero attached hydrogens (tertiary/aromatic N) is 1. The molecular formula is C17H12NO8P. The predicted molar refractivity (Wildman–Crippen MR) is 93.5 cm³/mol. The van der Waals surface area contributed by atoms with E-state index in [1.165, 1.54) is 31.4 Å². The van der Waals surface area contributed by atoms with E-state index in [-0.39, 0.29) is 33.6 Å². The number of benzene rings is 2. The first-order valence-electron chi connectivity index (χ1n) is 7.37. The van der Waals surface area contributed by atoms with Crippen molar-refractivity contribution in [1.82, 2.24) is 0 Å². The van der Waals surface area contributed by atoms with Crippen molar-refractivity contribution in [2.75, 3.05) is 7.11 Å². The number of fused-ring (bicyclic) bond motifs is 1. The molecule has 0 radical (unpaired) electrons. The van der Waals surface area contributed by atoms with Gasteiger partial charge in [0.2, 0.25) is 11.2 Å². The second kappa shape index (κ2) is 6.78. The van der Waals surface area contributed by atoms with Crippen molar-refractivity contribution in [1.29, 1.82) is 5.26 Å². The maximum absolute atomic E-state index is 12.7. The number of hydrogen-bond acceptors (Lipinski definition) is 7. The maximum Gasteiger partial charge on any atom is 0.525 e. The number of rotatable bonds is 4. The van der Waals surface area contributed by atoms with Gasteiger partial charge in [0.25, 0.3) is 0 Å². The third-order valence-corrected chi connectivity index (χ3v) is 4.06. The Balaban J connectivity index is 2.40. The molecule has 0 aliphatic rings. The van der Waals surface area contributed by atoms with Gasteiger partial charge in [-0.3, -0.25) is 14.6 Å². The van der Waals surface area contributed by atoms with Crippen molar-refractivity contribution in [2.45, 2.75) is 0 Å². The normalized spacial score (nSPS) is 11.2. The summed E-state index contributed by atoms with van der Waals surface area (Å²) < 4.78 is 26.5. The number of para-hydroxylation sites is 1. The Morgan fingerprint density at radius 1 is 1.22 bits per heavy atom. The fourth-order valence-corrected chi connectivity index (χ4v) is 2.90. The molecule has 0 aliphatic carbocycles. The standard InChI is InChI=1S/C17H12NO8P/c1-24-13-7-9(6-10(8-18)14(13)19)16-17(26-27(21,22)23)15(20)11-4-2-3-5-12(11)25-16/h2-7,19H,1H3,(H2,21,22,23). The van der Waals surface area contributed by atoms with Crippen LogP contribution in [0.25, 0.3) is 22.3 Å². The lowest BCUT2D eigenvalue weighted by Crippen LogP contribution is -2.09. The third kappa shape index (κ3) is 3.50. The molecule has 3 N–H and O–H groups in total. The molecule has 0 aliphatic heterocycles. The van der Waals surface area contributed by atoms with Gasteiger partial charge in [-0.15, -0.1) is 0 Å². The van der Waals surface area contributed by atoms with E-state index in [9.17, 15) is 29.5 Å². The number of phosphoric ester groups is 1. The largest absolute Gasteiger partial charge is 0.525 e. The highest BCUT2D eigenvalue weighted by Crippen LogP contribution is 2.43. The molecule has 9 nitrogen and oxygen atoms in total. The number of phenols is 1. The smallest absolute Gasteiger partial charge is 0.503 e. The summed E-state index contributed by atoms with van der Waals surface area (Å²) in [6.07, 6.45) is 0. The number of aromatic hydroxyl groups is 1. The lowest BCUT2D eigenvalue weighted by Gasteiger charge is -2.13. The van der Waals surface area contributed by atoms with Gasteiger partial charge in [0.15, 0.2) is 17.3 Å². The van der Waals surface area contributed by atoms with Crippen molar-refractivity contribution in [2.24, 2.45) is 0 Å². The fraction of sp³-hybridized carbons (Fsp3) is 0.0588. The van der Waals surface area contributed by atoms with Crippen LogP contribution in [0.3, 0.4) is 0 Å². The summed E-state index contributed by atoms with van der Waals surface area (Å²) in [5.41, 5.74) is -0.809. The zero-order chi connectivity index (χ0) is 19.8. The van der Waals surface area contributed by atoms with E-state index in [1.807, 2.05) is 0 Å². The highest BCUT2D eigenvalue weighted by molar-refractivity contribution is 7.46.